The van der Waals surface area contributed by atoms with E-state index in [4.69, 9.17) is 4.74 Å². The van der Waals surface area contributed by atoms with Crippen LogP contribution in [0.4, 0.5) is 0 Å². The van der Waals surface area contributed by atoms with Crippen molar-refractivity contribution in [1.29, 1.82) is 0 Å². The number of hydrogen-bond donors (Lipinski definition) is 3. The van der Waals surface area contributed by atoms with Crippen molar-refractivity contribution in [3.8, 4) is 0 Å². The smallest absolute Gasteiger partial charge is 0.255 e. The average Bonchev–Trinajstić information content (AvgIpc) is 3.23. The molecule has 1 aliphatic heterocycles. The molecule has 3 rings (SSSR count). The second-order valence-electron chi connectivity index (χ2n) is 5.37. The maximum atomic E-state index is 12.4. The molecule has 6 nitrogen and oxygen atoms in total. The lowest BCUT2D eigenvalue weighted by atomic mass is 10.0. The molecule has 0 unspecified atom stereocenters. The van der Waals surface area contributed by atoms with Gasteiger partial charge in [-0.2, -0.15) is 5.10 Å². The van der Waals surface area contributed by atoms with Crippen molar-refractivity contribution in [2.75, 3.05) is 13.2 Å². The van der Waals surface area contributed by atoms with E-state index in [9.17, 15) is 9.90 Å². The van der Waals surface area contributed by atoms with Crippen molar-refractivity contribution in [3.05, 3.63) is 52.8 Å². The van der Waals surface area contributed by atoms with Gasteiger partial charge in [0.15, 0.2) is 0 Å². The van der Waals surface area contributed by atoms with Crippen LogP contribution in [-0.2, 0) is 17.9 Å². The number of ether oxygens (including phenoxy) is 1. The molecule has 1 aromatic heterocycles. The van der Waals surface area contributed by atoms with Gasteiger partial charge in [-0.15, -0.1) is 0 Å². The van der Waals surface area contributed by atoms with Gasteiger partial charge in [0, 0.05) is 19.1 Å². The zero-order valence-corrected chi connectivity index (χ0v) is 12.2. The molecule has 6 heteroatoms. The summed E-state index contributed by atoms with van der Waals surface area (Å²) in [6, 6.07) is 7.50. The van der Waals surface area contributed by atoms with Crippen LogP contribution in [0.3, 0.4) is 0 Å². The summed E-state index contributed by atoms with van der Waals surface area (Å²) in [5.41, 5.74) is 3.13. The molecule has 1 aromatic carbocycles. The quantitative estimate of drug-likeness (QED) is 0.777. The van der Waals surface area contributed by atoms with E-state index in [1.165, 1.54) is 0 Å². The van der Waals surface area contributed by atoms with Crippen LogP contribution in [0.15, 0.2) is 30.5 Å². The number of nitrogens with one attached hydrogen (secondary N) is 2. The topological polar surface area (TPSA) is 87.2 Å². The van der Waals surface area contributed by atoms with E-state index >= 15 is 0 Å². The molecule has 0 radical (unpaired) electrons. The number of amides is 1. The predicted molar refractivity (Wildman–Crippen MR) is 80.3 cm³/mol. The van der Waals surface area contributed by atoms with E-state index in [1.807, 2.05) is 24.3 Å². The van der Waals surface area contributed by atoms with Gasteiger partial charge in [0.25, 0.3) is 5.91 Å². The number of hydrogen-bond acceptors (Lipinski definition) is 4. The third kappa shape index (κ3) is 3.03. The molecule has 22 heavy (non-hydrogen) atoms. The fourth-order valence-corrected chi connectivity index (χ4v) is 2.71. The molecule has 116 valence electrons. The second-order valence-corrected chi connectivity index (χ2v) is 5.37. The van der Waals surface area contributed by atoms with Crippen LogP contribution in [0.5, 0.6) is 0 Å². The summed E-state index contributed by atoms with van der Waals surface area (Å²) in [5, 5.41) is 19.1. The zero-order valence-electron chi connectivity index (χ0n) is 12.2. The highest BCUT2D eigenvalue weighted by Gasteiger charge is 2.25. The van der Waals surface area contributed by atoms with Crippen LogP contribution in [0, 0.1) is 0 Å². The van der Waals surface area contributed by atoms with Crippen molar-refractivity contribution in [1.82, 2.24) is 15.5 Å². The fourth-order valence-electron chi connectivity index (χ4n) is 2.71. The Bertz CT molecular complexity index is 648. The van der Waals surface area contributed by atoms with E-state index in [0.29, 0.717) is 25.3 Å². The summed E-state index contributed by atoms with van der Waals surface area (Å²) in [6.07, 6.45) is 2.46. The van der Waals surface area contributed by atoms with E-state index in [1.54, 1.807) is 6.20 Å². The Labute approximate surface area is 128 Å². The van der Waals surface area contributed by atoms with Gasteiger partial charge in [0.1, 0.15) is 0 Å². The van der Waals surface area contributed by atoms with E-state index < -0.39 is 0 Å². The number of H-pyrrole nitrogens is 1. The number of nitrogens with zero attached hydrogens (tertiary/aromatic N) is 1. The molecule has 0 bridgehead atoms. The van der Waals surface area contributed by atoms with Gasteiger partial charge in [0.2, 0.25) is 0 Å². The summed E-state index contributed by atoms with van der Waals surface area (Å²) in [5.74, 6) is 0.0383. The molecule has 0 saturated carbocycles. The molecule has 0 spiro atoms. The lowest BCUT2D eigenvalue weighted by Gasteiger charge is -2.11. The minimum Gasteiger partial charge on any atom is -0.392 e. The molecule has 2 aromatic rings. The number of benzene rings is 1. The number of carbonyl (C=O) groups excluding carboxylic acids is 1. The largest absolute Gasteiger partial charge is 0.392 e. The first-order chi connectivity index (χ1) is 10.8. The van der Waals surface area contributed by atoms with Crippen LogP contribution < -0.4 is 5.32 Å². The maximum Gasteiger partial charge on any atom is 0.255 e. The highest BCUT2D eigenvalue weighted by molar-refractivity contribution is 5.95. The van der Waals surface area contributed by atoms with Gasteiger partial charge in [-0.05, 0) is 17.5 Å². The first-order valence-corrected chi connectivity index (χ1v) is 7.36. The summed E-state index contributed by atoms with van der Waals surface area (Å²) >= 11 is 0. The number of aromatic nitrogens is 2. The molecule has 0 aliphatic carbocycles. The number of aliphatic hydroxyl groups excluding tert-OH is 1. The Morgan fingerprint density at radius 2 is 2.23 bits per heavy atom. The third-order valence-electron chi connectivity index (χ3n) is 3.98. The first kappa shape index (κ1) is 14.7. The maximum absolute atomic E-state index is 12.4. The van der Waals surface area contributed by atoms with Crippen LogP contribution in [-0.4, -0.2) is 34.4 Å². The van der Waals surface area contributed by atoms with Crippen molar-refractivity contribution in [2.24, 2.45) is 0 Å². The molecule has 1 fully saturated rings. The van der Waals surface area contributed by atoms with Gasteiger partial charge >= 0.3 is 0 Å². The van der Waals surface area contributed by atoms with E-state index in [2.05, 4.69) is 15.5 Å². The number of rotatable bonds is 5. The number of carbonyl (C=O) groups is 1. The molecule has 3 N–H and O–H groups in total. The van der Waals surface area contributed by atoms with Crippen molar-refractivity contribution >= 4 is 5.91 Å². The molecular weight excluding hydrogens is 282 g/mol. The van der Waals surface area contributed by atoms with Gasteiger partial charge in [-0.25, -0.2) is 0 Å². The van der Waals surface area contributed by atoms with E-state index in [-0.39, 0.29) is 18.4 Å². The van der Waals surface area contributed by atoms with Gasteiger partial charge in [-0.1, -0.05) is 24.3 Å². The van der Waals surface area contributed by atoms with Gasteiger partial charge in [-0.3, -0.25) is 9.89 Å². The average molecular weight is 301 g/mol. The minimum atomic E-state index is -0.164. The lowest BCUT2D eigenvalue weighted by molar-refractivity contribution is 0.0949. The first-order valence-electron chi connectivity index (χ1n) is 7.36. The highest BCUT2D eigenvalue weighted by atomic mass is 16.5. The molecule has 2 heterocycles. The molecule has 1 amide bonds. The highest BCUT2D eigenvalue weighted by Crippen LogP contribution is 2.26. The normalized spacial score (nSPS) is 17.6. The zero-order chi connectivity index (χ0) is 15.4. The van der Waals surface area contributed by atoms with Crippen molar-refractivity contribution in [3.63, 3.8) is 0 Å². The molecule has 1 atom stereocenters. The van der Waals surface area contributed by atoms with Crippen LogP contribution in [0.25, 0.3) is 0 Å². The fraction of sp³-hybridized carbons (Fsp3) is 0.375. The summed E-state index contributed by atoms with van der Waals surface area (Å²) in [6.45, 7) is 1.67. The second kappa shape index (κ2) is 6.72. The van der Waals surface area contributed by atoms with Crippen LogP contribution in [0.1, 0.15) is 39.5 Å². The number of aromatic amines is 1. The SMILES string of the molecule is O=C(NCc1ccccc1CO)c1cn[nH]c1[C@@H]1CCOC1. The Morgan fingerprint density at radius 3 is 2.95 bits per heavy atom. The van der Waals surface area contributed by atoms with E-state index in [0.717, 1.165) is 23.2 Å². The van der Waals surface area contributed by atoms with Crippen molar-refractivity contribution in [2.45, 2.75) is 25.5 Å². The molecule has 1 aliphatic rings. The molecular formula is C16H19N3O3. The standard InChI is InChI=1S/C16H19N3O3/c20-9-12-4-2-1-3-11(12)7-17-16(21)14-8-18-19-15(14)13-5-6-22-10-13/h1-4,8,13,20H,5-7,9-10H2,(H,17,21)(H,18,19)/t13-/m1/s1. The molecule has 1 saturated heterocycles. The third-order valence-corrected chi connectivity index (χ3v) is 3.98. The Morgan fingerprint density at radius 1 is 1.41 bits per heavy atom. The van der Waals surface area contributed by atoms with Crippen LogP contribution in [0.2, 0.25) is 0 Å². The predicted octanol–water partition coefficient (Wildman–Crippen LogP) is 1.34. The summed E-state index contributed by atoms with van der Waals surface area (Å²) in [4.78, 5) is 12.4. The Kier molecular flexibility index (Phi) is 4.50. The summed E-state index contributed by atoms with van der Waals surface area (Å²) < 4.78 is 5.37. The monoisotopic (exact) mass is 301 g/mol. The lowest BCUT2D eigenvalue weighted by Crippen LogP contribution is -2.24. The van der Waals surface area contributed by atoms with Crippen LogP contribution >= 0.6 is 0 Å². The number of aliphatic hydroxyl groups is 1. The minimum absolute atomic E-state index is 0.0393. The Hall–Kier alpha value is -2.18. The van der Waals surface area contributed by atoms with Crippen molar-refractivity contribution < 1.29 is 14.6 Å². The summed E-state index contributed by atoms with van der Waals surface area (Å²) in [7, 11) is 0. The van der Waals surface area contributed by atoms with Gasteiger partial charge < -0.3 is 15.2 Å². The Balaban J connectivity index is 1.69. The van der Waals surface area contributed by atoms with Gasteiger partial charge in [0.05, 0.1) is 30.7 Å².